The molecule has 0 heterocycles. The molecule has 0 aliphatic rings. The quantitative estimate of drug-likeness (QED) is 0.541. The molecule has 0 fully saturated rings. The molecule has 0 atom stereocenters. The van der Waals surface area contributed by atoms with Crippen molar-refractivity contribution in [2.24, 2.45) is 10.9 Å². The largest absolute Gasteiger partial charge is 0.301 e. The van der Waals surface area contributed by atoms with Crippen molar-refractivity contribution >= 4 is 6.21 Å². The van der Waals surface area contributed by atoms with Gasteiger partial charge in [-0.15, -0.1) is 0 Å². The normalized spacial score (nSPS) is 11.5. The predicted octanol–water partition coefficient (Wildman–Crippen LogP) is 0.890. The molecule has 0 spiro atoms. The molecule has 2 nitrogen and oxygen atoms in total. The second-order valence-electron chi connectivity index (χ2n) is 2.09. The Hall–Kier alpha value is -0.370. The molecule has 0 saturated heterocycles. The molecule has 2 heteroatoms. The van der Waals surface area contributed by atoms with Gasteiger partial charge in [0.15, 0.2) is 0 Å². The SMILES string of the molecule is CNCN=CC(C)C. The molecule has 1 N–H and O–H groups in total. The lowest BCUT2D eigenvalue weighted by Crippen LogP contribution is -2.05. The summed E-state index contributed by atoms with van der Waals surface area (Å²) in [6.45, 7) is 4.95. The highest BCUT2D eigenvalue weighted by Gasteiger charge is 1.80. The molecule has 0 aromatic rings. The van der Waals surface area contributed by atoms with Crippen LogP contribution in [0.1, 0.15) is 13.8 Å². The van der Waals surface area contributed by atoms with Crippen molar-refractivity contribution in [3.05, 3.63) is 0 Å². The van der Waals surface area contributed by atoms with E-state index in [1.807, 2.05) is 13.3 Å². The van der Waals surface area contributed by atoms with Gasteiger partial charge in [0.1, 0.15) is 0 Å². The number of nitrogens with zero attached hydrogens (tertiary/aromatic N) is 1. The summed E-state index contributed by atoms with van der Waals surface area (Å²) in [6.07, 6.45) is 1.94. The first-order valence-corrected chi connectivity index (χ1v) is 2.92. The summed E-state index contributed by atoms with van der Waals surface area (Å²) in [6, 6.07) is 0. The van der Waals surface area contributed by atoms with Crippen molar-refractivity contribution in [2.75, 3.05) is 13.7 Å². The minimum absolute atomic E-state index is 0.573. The predicted molar refractivity (Wildman–Crippen MR) is 37.3 cm³/mol. The van der Waals surface area contributed by atoms with Crippen LogP contribution < -0.4 is 5.32 Å². The Morgan fingerprint density at radius 2 is 2.25 bits per heavy atom. The van der Waals surface area contributed by atoms with Crippen LogP contribution in [0.3, 0.4) is 0 Å². The van der Waals surface area contributed by atoms with Gasteiger partial charge in [-0.2, -0.15) is 0 Å². The zero-order chi connectivity index (χ0) is 6.41. The summed E-state index contributed by atoms with van der Waals surface area (Å²) in [4.78, 5) is 4.05. The molecule has 0 aromatic heterocycles. The van der Waals surface area contributed by atoms with E-state index in [-0.39, 0.29) is 0 Å². The third-order valence-corrected chi connectivity index (χ3v) is 0.653. The highest BCUT2D eigenvalue weighted by atomic mass is 15.0. The summed E-state index contributed by atoms with van der Waals surface area (Å²) in [5, 5.41) is 2.93. The molecule has 0 rings (SSSR count). The Morgan fingerprint density at radius 1 is 1.62 bits per heavy atom. The third kappa shape index (κ3) is 5.63. The second-order valence-corrected chi connectivity index (χ2v) is 2.09. The van der Waals surface area contributed by atoms with Gasteiger partial charge < -0.3 is 5.32 Å². The monoisotopic (exact) mass is 114 g/mol. The van der Waals surface area contributed by atoms with Crippen LogP contribution >= 0.6 is 0 Å². The molecule has 0 saturated carbocycles. The lowest BCUT2D eigenvalue weighted by Gasteiger charge is -1.91. The molecule has 0 aromatic carbocycles. The molecule has 48 valence electrons. The van der Waals surface area contributed by atoms with Crippen molar-refractivity contribution in [3.63, 3.8) is 0 Å². The standard InChI is InChI=1S/C6H14N2/c1-6(2)4-8-5-7-3/h4,6-7H,5H2,1-3H3. The number of hydrogen-bond acceptors (Lipinski definition) is 2. The van der Waals surface area contributed by atoms with Gasteiger partial charge in [0.25, 0.3) is 0 Å². The molecule has 0 radical (unpaired) electrons. The van der Waals surface area contributed by atoms with E-state index in [1.165, 1.54) is 0 Å². The minimum atomic E-state index is 0.573. The minimum Gasteiger partial charge on any atom is -0.301 e. The van der Waals surface area contributed by atoms with Gasteiger partial charge in [-0.3, -0.25) is 4.99 Å². The first kappa shape index (κ1) is 7.63. The van der Waals surface area contributed by atoms with Crippen LogP contribution in [0.4, 0.5) is 0 Å². The lowest BCUT2D eigenvalue weighted by molar-refractivity contribution is 0.818. The topological polar surface area (TPSA) is 24.4 Å². The average Bonchev–Trinajstić information content (AvgIpc) is 1.66. The fourth-order valence-electron chi connectivity index (χ4n) is 0.355. The van der Waals surface area contributed by atoms with Crippen molar-refractivity contribution in [1.29, 1.82) is 0 Å². The zero-order valence-corrected chi connectivity index (χ0v) is 5.81. The molecule has 8 heavy (non-hydrogen) atoms. The maximum atomic E-state index is 4.05. The number of hydrogen-bond donors (Lipinski definition) is 1. The summed E-state index contributed by atoms with van der Waals surface area (Å²) in [5.41, 5.74) is 0. The maximum Gasteiger partial charge on any atom is 0.0878 e. The Morgan fingerprint density at radius 3 is 2.62 bits per heavy atom. The van der Waals surface area contributed by atoms with Gasteiger partial charge in [0.05, 0.1) is 6.67 Å². The Bertz CT molecular complexity index is 66.9. The number of rotatable bonds is 3. The molecular formula is C6H14N2. The van der Waals surface area contributed by atoms with Gasteiger partial charge in [0, 0.05) is 6.21 Å². The van der Waals surface area contributed by atoms with E-state index in [0.717, 1.165) is 6.67 Å². The third-order valence-electron chi connectivity index (χ3n) is 0.653. The maximum absolute atomic E-state index is 4.05. The summed E-state index contributed by atoms with van der Waals surface area (Å²) < 4.78 is 0. The van der Waals surface area contributed by atoms with Crippen molar-refractivity contribution < 1.29 is 0 Å². The molecule has 0 unspecified atom stereocenters. The van der Waals surface area contributed by atoms with E-state index in [9.17, 15) is 0 Å². The van der Waals surface area contributed by atoms with Crippen LogP contribution in [0.15, 0.2) is 4.99 Å². The molecular weight excluding hydrogens is 100 g/mol. The first-order chi connectivity index (χ1) is 3.77. The van der Waals surface area contributed by atoms with Crippen molar-refractivity contribution in [3.8, 4) is 0 Å². The van der Waals surface area contributed by atoms with Crippen LogP contribution in [-0.2, 0) is 0 Å². The fourth-order valence-corrected chi connectivity index (χ4v) is 0.355. The fraction of sp³-hybridized carbons (Fsp3) is 0.833. The lowest BCUT2D eigenvalue weighted by atomic mass is 10.3. The number of aliphatic imine (C=N–C) groups is 1. The first-order valence-electron chi connectivity index (χ1n) is 2.92. The van der Waals surface area contributed by atoms with Crippen LogP contribution in [0.2, 0.25) is 0 Å². The Balaban J connectivity index is 3.07. The summed E-state index contributed by atoms with van der Waals surface area (Å²) in [5.74, 6) is 0.573. The number of nitrogens with one attached hydrogen (secondary N) is 1. The van der Waals surface area contributed by atoms with E-state index in [4.69, 9.17) is 0 Å². The van der Waals surface area contributed by atoms with Gasteiger partial charge >= 0.3 is 0 Å². The second kappa shape index (κ2) is 4.78. The highest BCUT2D eigenvalue weighted by molar-refractivity contribution is 5.59. The van der Waals surface area contributed by atoms with Crippen molar-refractivity contribution in [1.82, 2.24) is 5.32 Å². The average molecular weight is 114 g/mol. The van der Waals surface area contributed by atoms with Gasteiger partial charge in [-0.1, -0.05) is 13.8 Å². The summed E-state index contributed by atoms with van der Waals surface area (Å²) in [7, 11) is 1.89. The van der Waals surface area contributed by atoms with Crippen LogP contribution in [-0.4, -0.2) is 19.9 Å². The zero-order valence-electron chi connectivity index (χ0n) is 5.81. The van der Waals surface area contributed by atoms with Crippen LogP contribution in [0.25, 0.3) is 0 Å². The van der Waals surface area contributed by atoms with E-state index in [0.29, 0.717) is 5.92 Å². The van der Waals surface area contributed by atoms with E-state index < -0.39 is 0 Å². The molecule has 0 amide bonds. The Labute approximate surface area is 51.0 Å². The smallest absolute Gasteiger partial charge is 0.0878 e. The van der Waals surface area contributed by atoms with E-state index in [1.54, 1.807) is 0 Å². The summed E-state index contributed by atoms with van der Waals surface area (Å²) >= 11 is 0. The molecule has 0 aliphatic heterocycles. The highest BCUT2D eigenvalue weighted by Crippen LogP contribution is 1.82. The van der Waals surface area contributed by atoms with Gasteiger partial charge in [-0.25, -0.2) is 0 Å². The van der Waals surface area contributed by atoms with E-state index >= 15 is 0 Å². The van der Waals surface area contributed by atoms with Crippen LogP contribution in [0.5, 0.6) is 0 Å². The van der Waals surface area contributed by atoms with E-state index in [2.05, 4.69) is 24.2 Å². The van der Waals surface area contributed by atoms with Crippen LogP contribution in [0, 0.1) is 5.92 Å². The van der Waals surface area contributed by atoms with Crippen molar-refractivity contribution in [2.45, 2.75) is 13.8 Å². The molecule has 0 aliphatic carbocycles. The van der Waals surface area contributed by atoms with Gasteiger partial charge in [0.2, 0.25) is 0 Å². The molecule has 0 bridgehead atoms. The Kier molecular flexibility index (Phi) is 4.56. The van der Waals surface area contributed by atoms with Gasteiger partial charge in [-0.05, 0) is 13.0 Å².